The normalized spacial score (nSPS) is 16.8. The minimum atomic E-state index is -3.61. The van der Waals surface area contributed by atoms with Crippen LogP contribution in [0.1, 0.15) is 47.7 Å². The number of sulfonamides is 1. The summed E-state index contributed by atoms with van der Waals surface area (Å²) < 4.78 is 30.9. The first kappa shape index (κ1) is 25.6. The number of carbonyl (C=O) groups excluding carboxylic acids is 1. The Morgan fingerprint density at radius 1 is 1.16 bits per heavy atom. The predicted octanol–water partition coefficient (Wildman–Crippen LogP) is 5.02. The molecule has 0 bridgehead atoms. The topological polar surface area (TPSA) is 88.4 Å². The average molecular weight is 538 g/mol. The number of rotatable bonds is 7. The van der Waals surface area contributed by atoms with Crippen molar-refractivity contribution in [2.24, 2.45) is 0 Å². The molecule has 4 aromatic rings. The summed E-state index contributed by atoms with van der Waals surface area (Å²) in [5.74, 6) is -0.226. The number of nitrogens with zero attached hydrogens (tertiary/aromatic N) is 5. The van der Waals surface area contributed by atoms with Crippen LogP contribution in [0.4, 0.5) is 5.13 Å². The first-order valence-corrected chi connectivity index (χ1v) is 14.8. The van der Waals surface area contributed by atoms with E-state index in [1.165, 1.54) is 11.3 Å². The van der Waals surface area contributed by atoms with Gasteiger partial charge in [0.15, 0.2) is 5.13 Å². The molecule has 2 aromatic carbocycles. The molecule has 5 rings (SSSR count). The van der Waals surface area contributed by atoms with E-state index in [0.29, 0.717) is 30.3 Å². The fraction of sp³-hybridized carbons (Fsp3) is 0.370. The van der Waals surface area contributed by atoms with Crippen molar-refractivity contribution >= 4 is 42.6 Å². The van der Waals surface area contributed by atoms with Crippen molar-refractivity contribution in [3.8, 4) is 0 Å². The molecule has 0 N–H and O–H groups in total. The van der Waals surface area contributed by atoms with E-state index in [2.05, 4.69) is 17.2 Å². The smallest absolute Gasteiger partial charge is 0.260 e. The Balaban J connectivity index is 1.45. The second-order valence-electron chi connectivity index (χ2n) is 9.64. The summed E-state index contributed by atoms with van der Waals surface area (Å²) in [7, 11) is -3.61. The van der Waals surface area contributed by atoms with Crippen molar-refractivity contribution < 1.29 is 13.2 Å². The molecule has 1 unspecified atom stereocenters. The van der Waals surface area contributed by atoms with Crippen LogP contribution in [0.25, 0.3) is 10.2 Å². The zero-order valence-corrected chi connectivity index (χ0v) is 22.9. The van der Waals surface area contributed by atoms with E-state index in [1.54, 1.807) is 44.3 Å². The summed E-state index contributed by atoms with van der Waals surface area (Å²) in [4.78, 5) is 20.4. The Morgan fingerprint density at radius 2 is 1.95 bits per heavy atom. The monoisotopic (exact) mass is 537 g/mol. The van der Waals surface area contributed by atoms with Crippen LogP contribution >= 0.6 is 11.3 Å². The molecule has 1 amide bonds. The van der Waals surface area contributed by atoms with Crippen molar-refractivity contribution in [2.45, 2.75) is 57.5 Å². The van der Waals surface area contributed by atoms with Gasteiger partial charge in [0.1, 0.15) is 0 Å². The molecule has 37 heavy (non-hydrogen) atoms. The van der Waals surface area contributed by atoms with Gasteiger partial charge in [-0.2, -0.15) is 9.40 Å². The van der Waals surface area contributed by atoms with Gasteiger partial charge < -0.3 is 0 Å². The molecule has 3 heterocycles. The molecule has 0 spiro atoms. The molecule has 0 aliphatic carbocycles. The van der Waals surface area contributed by atoms with Gasteiger partial charge in [-0.15, -0.1) is 0 Å². The Hall–Kier alpha value is -3.08. The maximum absolute atomic E-state index is 13.8. The van der Waals surface area contributed by atoms with Crippen LogP contribution in [0, 0.1) is 13.8 Å². The molecular weight excluding hydrogens is 506 g/mol. The number of aromatic nitrogens is 3. The Labute approximate surface area is 221 Å². The lowest BCUT2D eigenvalue weighted by Gasteiger charge is -2.32. The molecule has 8 nitrogen and oxygen atoms in total. The maximum atomic E-state index is 13.8. The lowest BCUT2D eigenvalue weighted by atomic mass is 10.1. The minimum Gasteiger partial charge on any atom is -0.282 e. The summed E-state index contributed by atoms with van der Waals surface area (Å²) in [5, 5.41) is 4.87. The van der Waals surface area contributed by atoms with E-state index in [-0.39, 0.29) is 16.8 Å². The van der Waals surface area contributed by atoms with Gasteiger partial charge in [0, 0.05) is 37.1 Å². The van der Waals surface area contributed by atoms with Crippen LogP contribution < -0.4 is 4.90 Å². The van der Waals surface area contributed by atoms with Crippen LogP contribution in [0.15, 0.2) is 59.8 Å². The van der Waals surface area contributed by atoms with Crippen molar-refractivity contribution in [3.63, 3.8) is 0 Å². The zero-order valence-electron chi connectivity index (χ0n) is 21.3. The van der Waals surface area contributed by atoms with Gasteiger partial charge in [0.25, 0.3) is 5.91 Å². The van der Waals surface area contributed by atoms with Crippen LogP contribution in [0.5, 0.6) is 0 Å². The van der Waals surface area contributed by atoms with E-state index in [4.69, 9.17) is 4.98 Å². The standard InChI is InChI=1S/C27H31N5O3S2/c1-19-17-20(2)25-24(18-19)36-27(29-25)31(16-15-30-13-6-12-28-30)26(33)22-8-10-23(11-9-22)37(34,35)32-14-5-4-7-21(32)3/h6,8-13,17-18,21H,4-5,7,14-16H2,1-3H3. The molecule has 1 aliphatic heterocycles. The van der Waals surface area contributed by atoms with Gasteiger partial charge in [-0.1, -0.05) is 23.8 Å². The fourth-order valence-corrected chi connectivity index (χ4v) is 7.75. The maximum Gasteiger partial charge on any atom is 0.260 e. The lowest BCUT2D eigenvalue weighted by Crippen LogP contribution is -2.41. The van der Waals surface area contributed by atoms with E-state index in [1.807, 2.05) is 33.0 Å². The number of hydrogen-bond acceptors (Lipinski definition) is 6. The van der Waals surface area contributed by atoms with Gasteiger partial charge in [-0.25, -0.2) is 13.4 Å². The number of aryl methyl sites for hydroxylation is 2. The van der Waals surface area contributed by atoms with Gasteiger partial charge in [-0.05, 0) is 81.1 Å². The van der Waals surface area contributed by atoms with Gasteiger partial charge in [0.2, 0.25) is 10.0 Å². The lowest BCUT2D eigenvalue weighted by molar-refractivity contribution is 0.0985. The number of amides is 1. The van der Waals surface area contributed by atoms with Crippen LogP contribution in [0.3, 0.4) is 0 Å². The summed E-state index contributed by atoms with van der Waals surface area (Å²) >= 11 is 1.48. The molecule has 0 radical (unpaired) electrons. The largest absolute Gasteiger partial charge is 0.282 e. The van der Waals surface area contributed by atoms with Crippen LogP contribution in [0.2, 0.25) is 0 Å². The van der Waals surface area contributed by atoms with Gasteiger partial charge in [-0.3, -0.25) is 14.4 Å². The molecule has 1 saturated heterocycles. The third-order valence-electron chi connectivity index (χ3n) is 6.86. The second kappa shape index (κ2) is 10.4. The molecule has 1 fully saturated rings. The first-order chi connectivity index (χ1) is 17.7. The Bertz CT molecular complexity index is 1510. The SMILES string of the molecule is Cc1cc(C)c2nc(N(CCn3cccn3)C(=O)c3ccc(S(=O)(=O)N4CCCCC4C)cc3)sc2c1. The number of hydrogen-bond donors (Lipinski definition) is 0. The van der Waals surface area contributed by atoms with E-state index in [0.717, 1.165) is 40.6 Å². The summed E-state index contributed by atoms with van der Waals surface area (Å²) in [6.07, 6.45) is 6.34. The molecule has 2 aromatic heterocycles. The van der Waals surface area contributed by atoms with Crippen molar-refractivity contribution in [1.82, 2.24) is 19.1 Å². The minimum absolute atomic E-state index is 0.0241. The van der Waals surface area contributed by atoms with Gasteiger partial charge >= 0.3 is 0 Å². The van der Waals surface area contributed by atoms with E-state index in [9.17, 15) is 13.2 Å². The number of fused-ring (bicyclic) bond motifs is 1. The highest BCUT2D eigenvalue weighted by Crippen LogP contribution is 2.33. The van der Waals surface area contributed by atoms with Crippen LogP contribution in [-0.2, 0) is 16.6 Å². The molecule has 0 saturated carbocycles. The third kappa shape index (κ3) is 5.18. The molecular formula is C27H31N5O3S2. The van der Waals surface area contributed by atoms with Crippen molar-refractivity contribution in [2.75, 3.05) is 18.0 Å². The number of anilines is 1. The zero-order chi connectivity index (χ0) is 26.2. The highest BCUT2D eigenvalue weighted by molar-refractivity contribution is 7.89. The number of thiazole rings is 1. The van der Waals surface area contributed by atoms with E-state index >= 15 is 0 Å². The quantitative estimate of drug-likeness (QED) is 0.330. The molecule has 194 valence electrons. The van der Waals surface area contributed by atoms with Crippen molar-refractivity contribution in [3.05, 3.63) is 71.5 Å². The average Bonchev–Trinajstić information content (AvgIpc) is 3.55. The molecule has 10 heteroatoms. The van der Waals surface area contributed by atoms with E-state index < -0.39 is 10.0 Å². The Kier molecular flexibility index (Phi) is 7.15. The number of benzene rings is 2. The van der Waals surface area contributed by atoms with Gasteiger partial charge in [0.05, 0.1) is 21.7 Å². The molecule has 1 atom stereocenters. The van der Waals surface area contributed by atoms with Crippen LogP contribution in [-0.4, -0.2) is 52.5 Å². The predicted molar refractivity (Wildman–Crippen MR) is 147 cm³/mol. The summed E-state index contributed by atoms with van der Waals surface area (Å²) in [6, 6.07) is 12.3. The Morgan fingerprint density at radius 3 is 2.65 bits per heavy atom. The third-order valence-corrected chi connectivity index (χ3v) is 9.91. The molecule has 1 aliphatic rings. The summed E-state index contributed by atoms with van der Waals surface area (Å²) in [6.45, 7) is 7.44. The number of carbonyl (C=O) groups is 1. The highest BCUT2D eigenvalue weighted by atomic mass is 32.2. The second-order valence-corrected chi connectivity index (χ2v) is 12.5. The first-order valence-electron chi connectivity index (χ1n) is 12.5. The highest BCUT2D eigenvalue weighted by Gasteiger charge is 2.31. The fourth-order valence-electron chi connectivity index (χ4n) is 4.88. The summed E-state index contributed by atoms with van der Waals surface area (Å²) in [5.41, 5.74) is 3.52. The van der Waals surface area contributed by atoms with Crippen molar-refractivity contribution in [1.29, 1.82) is 0 Å². The number of piperidine rings is 1.